The van der Waals surface area contributed by atoms with Gasteiger partial charge in [-0.05, 0) is 17.7 Å². The number of rotatable bonds is 2. The average molecular weight is 278 g/mol. The third kappa shape index (κ3) is 2.09. The van der Waals surface area contributed by atoms with Crippen LogP contribution in [0.2, 0.25) is 0 Å². The Hall–Kier alpha value is -2.16. The molecule has 0 bridgehead atoms. The molecule has 1 aromatic rings. The molecule has 106 valence electrons. The summed E-state index contributed by atoms with van der Waals surface area (Å²) in [4.78, 5) is 22.6. The fourth-order valence-electron chi connectivity index (χ4n) is 2.45. The van der Waals surface area contributed by atoms with Crippen molar-refractivity contribution in [1.29, 1.82) is 0 Å². The quantitative estimate of drug-likeness (QED) is 0.477. The Kier molecular flexibility index (Phi) is 3.05. The van der Waals surface area contributed by atoms with Gasteiger partial charge in [-0.2, -0.15) is 0 Å². The Morgan fingerprint density at radius 1 is 1.40 bits per heavy atom. The second kappa shape index (κ2) is 4.75. The van der Waals surface area contributed by atoms with Crippen molar-refractivity contribution in [1.82, 2.24) is 10.9 Å². The first-order valence-corrected chi connectivity index (χ1v) is 6.12. The zero-order valence-electron chi connectivity index (χ0n) is 10.4. The number of amides is 1. The highest BCUT2D eigenvalue weighted by atomic mass is 16.5. The van der Waals surface area contributed by atoms with Gasteiger partial charge in [0.05, 0.1) is 17.9 Å². The van der Waals surface area contributed by atoms with Crippen molar-refractivity contribution in [3.8, 4) is 5.75 Å². The second-order valence-corrected chi connectivity index (χ2v) is 4.75. The molecule has 3 atom stereocenters. The van der Waals surface area contributed by atoms with Crippen LogP contribution >= 0.6 is 0 Å². The summed E-state index contributed by atoms with van der Waals surface area (Å²) < 4.78 is 5.26. The Balaban J connectivity index is 1.93. The van der Waals surface area contributed by atoms with Gasteiger partial charge in [0.25, 0.3) is 5.91 Å². The Morgan fingerprint density at radius 2 is 2.20 bits per heavy atom. The van der Waals surface area contributed by atoms with Gasteiger partial charge in [0.1, 0.15) is 11.7 Å². The van der Waals surface area contributed by atoms with Crippen LogP contribution in [0.15, 0.2) is 18.2 Å². The molecule has 0 aliphatic carbocycles. The molecule has 0 saturated carbocycles. The summed E-state index contributed by atoms with van der Waals surface area (Å²) in [5.41, 5.74) is 12.5. The van der Waals surface area contributed by atoms with Crippen LogP contribution in [0.25, 0.3) is 0 Å². The molecule has 0 radical (unpaired) electrons. The summed E-state index contributed by atoms with van der Waals surface area (Å²) in [6.45, 7) is -0.0157. The number of fused-ring (bicyclic) bond motifs is 1. The zero-order valence-corrected chi connectivity index (χ0v) is 10.4. The molecule has 0 aromatic heterocycles. The van der Waals surface area contributed by atoms with E-state index in [1.54, 1.807) is 18.2 Å². The van der Waals surface area contributed by atoms with E-state index < -0.39 is 24.1 Å². The smallest absolute Gasteiger partial charge is 0.311 e. The molecule has 2 aliphatic rings. The predicted molar refractivity (Wildman–Crippen MR) is 68.7 cm³/mol. The largest absolute Gasteiger partial charge is 0.482 e. The van der Waals surface area contributed by atoms with Crippen LogP contribution in [0.3, 0.4) is 0 Å². The summed E-state index contributed by atoms with van der Waals surface area (Å²) in [7, 11) is 0. The Labute approximate surface area is 114 Å². The van der Waals surface area contributed by atoms with Crippen LogP contribution < -0.4 is 26.6 Å². The van der Waals surface area contributed by atoms with E-state index in [0.717, 1.165) is 0 Å². The minimum Gasteiger partial charge on any atom is -0.482 e. The molecule has 2 aliphatic heterocycles. The van der Waals surface area contributed by atoms with E-state index in [1.807, 2.05) is 0 Å². The highest BCUT2D eigenvalue weighted by Gasteiger charge is 2.40. The first kappa shape index (κ1) is 12.9. The van der Waals surface area contributed by atoms with Crippen LogP contribution in [-0.2, 0) is 9.59 Å². The molecule has 6 N–H and O–H groups in total. The highest BCUT2D eigenvalue weighted by Crippen LogP contribution is 2.34. The highest BCUT2D eigenvalue weighted by molar-refractivity contribution is 5.95. The molecule has 3 unspecified atom stereocenters. The molecule has 2 heterocycles. The second-order valence-electron chi connectivity index (χ2n) is 4.75. The maximum atomic E-state index is 11.3. The Bertz CT molecular complexity index is 577. The van der Waals surface area contributed by atoms with Gasteiger partial charge in [0, 0.05) is 0 Å². The monoisotopic (exact) mass is 278 g/mol. The number of hydrogen-bond acceptors (Lipinski definition) is 6. The van der Waals surface area contributed by atoms with Crippen molar-refractivity contribution in [2.75, 3.05) is 11.9 Å². The van der Waals surface area contributed by atoms with E-state index in [2.05, 4.69) is 16.2 Å². The van der Waals surface area contributed by atoms with Gasteiger partial charge in [0.15, 0.2) is 6.61 Å². The fraction of sp³-hybridized carbons (Fsp3) is 0.333. The molecule has 0 spiro atoms. The first-order chi connectivity index (χ1) is 9.56. The third-order valence-electron chi connectivity index (χ3n) is 3.43. The number of anilines is 1. The molecule has 1 saturated heterocycles. The summed E-state index contributed by atoms with van der Waals surface area (Å²) in [6, 6.07) is 4.67. The number of aliphatic carboxylic acids is 1. The average Bonchev–Trinajstić information content (AvgIpc) is 2.80. The maximum Gasteiger partial charge on any atom is 0.311 e. The summed E-state index contributed by atoms with van der Waals surface area (Å²) in [6.07, 6.45) is -0.681. The first-order valence-electron chi connectivity index (χ1n) is 6.12. The van der Waals surface area contributed by atoms with Crippen molar-refractivity contribution < 1.29 is 19.4 Å². The Morgan fingerprint density at radius 3 is 2.95 bits per heavy atom. The van der Waals surface area contributed by atoms with Crippen molar-refractivity contribution in [2.45, 2.75) is 12.2 Å². The van der Waals surface area contributed by atoms with Crippen molar-refractivity contribution in [3.63, 3.8) is 0 Å². The molecular weight excluding hydrogens is 264 g/mol. The van der Waals surface area contributed by atoms with E-state index in [0.29, 0.717) is 17.0 Å². The molecule has 20 heavy (non-hydrogen) atoms. The van der Waals surface area contributed by atoms with Crippen LogP contribution in [0.1, 0.15) is 11.6 Å². The molecule has 1 amide bonds. The number of ether oxygens (including phenoxy) is 1. The van der Waals surface area contributed by atoms with E-state index >= 15 is 0 Å². The lowest BCUT2D eigenvalue weighted by Crippen LogP contribution is -2.41. The van der Waals surface area contributed by atoms with Crippen LogP contribution in [0.4, 0.5) is 5.69 Å². The molecule has 8 nitrogen and oxygen atoms in total. The number of benzene rings is 1. The topological polar surface area (TPSA) is 126 Å². The lowest BCUT2D eigenvalue weighted by atomic mass is 9.92. The zero-order chi connectivity index (χ0) is 14.3. The number of carbonyl (C=O) groups excluding carboxylic acids is 1. The molecular formula is C12H14N4O4. The lowest BCUT2D eigenvalue weighted by Gasteiger charge is -2.21. The van der Waals surface area contributed by atoms with Crippen molar-refractivity contribution in [2.24, 2.45) is 11.7 Å². The molecule has 3 rings (SSSR count). The van der Waals surface area contributed by atoms with Crippen molar-refractivity contribution in [3.05, 3.63) is 23.8 Å². The summed E-state index contributed by atoms with van der Waals surface area (Å²) >= 11 is 0. The molecule has 8 heteroatoms. The minimum absolute atomic E-state index is 0.0157. The van der Waals surface area contributed by atoms with Gasteiger partial charge >= 0.3 is 5.97 Å². The fourth-order valence-corrected chi connectivity index (χ4v) is 2.45. The van der Waals surface area contributed by atoms with Gasteiger partial charge in [-0.1, -0.05) is 6.07 Å². The van der Waals surface area contributed by atoms with Gasteiger partial charge in [0.2, 0.25) is 0 Å². The third-order valence-corrected chi connectivity index (χ3v) is 3.43. The summed E-state index contributed by atoms with van der Waals surface area (Å²) in [5.74, 6) is -1.46. The molecule has 1 fully saturated rings. The van der Waals surface area contributed by atoms with Crippen LogP contribution in [0, 0.1) is 5.92 Å². The van der Waals surface area contributed by atoms with E-state index in [4.69, 9.17) is 10.5 Å². The number of carboxylic acids is 1. The normalized spacial score (nSPS) is 28.4. The number of nitrogens with two attached hydrogens (primary N) is 1. The minimum atomic E-state index is -0.988. The van der Waals surface area contributed by atoms with Gasteiger partial charge in [-0.25, -0.2) is 10.9 Å². The van der Waals surface area contributed by atoms with E-state index in [-0.39, 0.29) is 12.5 Å². The predicted octanol–water partition coefficient (Wildman–Crippen LogP) is -0.848. The van der Waals surface area contributed by atoms with E-state index in [1.165, 1.54) is 0 Å². The van der Waals surface area contributed by atoms with Crippen LogP contribution in [0.5, 0.6) is 5.75 Å². The molecule has 1 aromatic carbocycles. The maximum absolute atomic E-state index is 11.3. The number of nitrogens with one attached hydrogen (secondary N) is 3. The number of carboxylic acid groups (broad SMARTS) is 1. The van der Waals surface area contributed by atoms with E-state index in [9.17, 15) is 14.7 Å². The number of hydrogen-bond donors (Lipinski definition) is 5. The van der Waals surface area contributed by atoms with Gasteiger partial charge in [-0.3, -0.25) is 9.59 Å². The van der Waals surface area contributed by atoms with Gasteiger partial charge < -0.3 is 20.9 Å². The lowest BCUT2D eigenvalue weighted by molar-refractivity contribution is -0.142. The summed E-state index contributed by atoms with van der Waals surface area (Å²) in [5, 5.41) is 11.9. The number of carbonyl (C=O) groups is 2. The standard InChI is InChI=1S/C12H14N4O4/c13-11-9(12(18)19)10(15-16-11)5-1-2-7-6(3-5)14-8(17)4-20-7/h1-3,9-11,15-16H,4,13H2,(H,14,17)(H,18,19). The van der Waals surface area contributed by atoms with Crippen LogP contribution in [-0.4, -0.2) is 29.8 Å². The number of hydrazine groups is 1. The SMILES string of the molecule is NC1NNC(c2ccc3c(c2)NC(=O)CO3)C1C(=O)O. The van der Waals surface area contributed by atoms with Crippen molar-refractivity contribution >= 4 is 17.6 Å². The van der Waals surface area contributed by atoms with Gasteiger partial charge in [-0.15, -0.1) is 0 Å².